The third kappa shape index (κ3) is 6.95. The molecule has 1 fully saturated rings. The van der Waals surface area contributed by atoms with E-state index in [1.165, 1.54) is 17.0 Å². The van der Waals surface area contributed by atoms with Gasteiger partial charge in [0.25, 0.3) is 17.7 Å². The molecule has 1 atom stereocenters. The molecule has 2 heterocycles. The topological polar surface area (TPSA) is 159 Å². The Bertz CT molecular complexity index is 1360. The maximum Gasteiger partial charge on any atom is 0.268 e. The number of nitrogens with one attached hydrogen (secondary N) is 3. The molecule has 0 radical (unpaired) electrons. The number of halogens is 2. The maximum absolute atomic E-state index is 13.6. The van der Waals surface area contributed by atoms with Crippen molar-refractivity contribution >= 4 is 45.9 Å². The second-order valence-electron chi connectivity index (χ2n) is 9.25. The van der Waals surface area contributed by atoms with Gasteiger partial charge in [-0.15, -0.1) is 0 Å². The Morgan fingerprint density at radius 1 is 1.10 bits per heavy atom. The number of aromatic amines is 1. The Morgan fingerprint density at radius 3 is 2.62 bits per heavy atom. The molecule has 6 N–H and O–H groups in total. The van der Waals surface area contributed by atoms with Crippen LogP contribution in [0.25, 0.3) is 10.9 Å². The standard InChI is InChI=1S/C27H31ClFN5O6/c28-19-11-17(12-20(29)15-19)16-32-25(36)27(38)3-6-34(26(27)37)21-1-2-22-18(13-21)14-23(33-22)24(35)31-5-8-40-10-9-39-7-4-30/h1-2,11-15,33,38H,3-10,16,30H2,(H,31,35)(H,32,36)/t27-/m0/s1. The molecule has 3 amide bonds. The van der Waals surface area contributed by atoms with E-state index in [1.54, 1.807) is 24.3 Å². The number of ether oxygens (including phenoxy) is 2. The summed E-state index contributed by atoms with van der Waals surface area (Å²) in [5.74, 6) is -2.53. The summed E-state index contributed by atoms with van der Waals surface area (Å²) >= 11 is 5.84. The minimum atomic E-state index is -2.27. The van der Waals surface area contributed by atoms with Crippen LogP contribution in [0.15, 0.2) is 42.5 Å². The summed E-state index contributed by atoms with van der Waals surface area (Å²) in [4.78, 5) is 42.8. The number of fused-ring (bicyclic) bond motifs is 1. The first-order chi connectivity index (χ1) is 19.2. The van der Waals surface area contributed by atoms with E-state index in [9.17, 15) is 23.9 Å². The molecule has 11 nitrogen and oxygen atoms in total. The molecule has 2 aromatic carbocycles. The summed E-state index contributed by atoms with van der Waals surface area (Å²) in [6, 6.07) is 10.5. The fourth-order valence-corrected chi connectivity index (χ4v) is 4.60. The van der Waals surface area contributed by atoms with Gasteiger partial charge in [-0.25, -0.2) is 4.39 Å². The number of aliphatic hydroxyl groups is 1. The number of nitrogens with zero attached hydrogens (tertiary/aromatic N) is 1. The number of nitrogens with two attached hydrogens (primary N) is 1. The Labute approximate surface area is 234 Å². The quantitative estimate of drug-likeness (QED) is 0.152. The smallest absolute Gasteiger partial charge is 0.268 e. The summed E-state index contributed by atoms with van der Waals surface area (Å²) in [7, 11) is 0. The van der Waals surface area contributed by atoms with Crippen molar-refractivity contribution < 1.29 is 33.4 Å². The largest absolute Gasteiger partial charge is 0.378 e. The lowest BCUT2D eigenvalue weighted by Gasteiger charge is -2.22. The van der Waals surface area contributed by atoms with Gasteiger partial charge in [0.15, 0.2) is 0 Å². The zero-order valence-corrected chi connectivity index (χ0v) is 22.4. The number of carbonyl (C=O) groups is 3. The molecule has 1 aromatic heterocycles. The van der Waals surface area contributed by atoms with E-state index in [2.05, 4.69) is 15.6 Å². The van der Waals surface area contributed by atoms with Crippen LogP contribution >= 0.6 is 11.6 Å². The van der Waals surface area contributed by atoms with Crippen molar-refractivity contribution in [2.45, 2.75) is 18.6 Å². The van der Waals surface area contributed by atoms with Gasteiger partial charge in [0, 0.05) is 54.2 Å². The van der Waals surface area contributed by atoms with E-state index < -0.39 is 23.2 Å². The lowest BCUT2D eigenvalue weighted by molar-refractivity contribution is -0.149. The third-order valence-corrected chi connectivity index (χ3v) is 6.59. The van der Waals surface area contributed by atoms with Crippen LogP contribution in [0.4, 0.5) is 10.1 Å². The molecular formula is C27H31ClFN5O6. The number of aromatic nitrogens is 1. The number of rotatable bonds is 13. The highest BCUT2D eigenvalue weighted by molar-refractivity contribution is 6.30. The van der Waals surface area contributed by atoms with Gasteiger partial charge >= 0.3 is 0 Å². The molecule has 40 heavy (non-hydrogen) atoms. The fraction of sp³-hybridized carbons (Fsp3) is 0.370. The van der Waals surface area contributed by atoms with E-state index in [0.29, 0.717) is 67.4 Å². The first-order valence-corrected chi connectivity index (χ1v) is 13.1. The highest BCUT2D eigenvalue weighted by Crippen LogP contribution is 2.31. The number of carbonyl (C=O) groups excluding carboxylic acids is 3. The van der Waals surface area contributed by atoms with Gasteiger partial charge in [0.2, 0.25) is 5.60 Å². The number of anilines is 1. The molecular weight excluding hydrogens is 545 g/mol. The molecule has 1 aliphatic rings. The molecule has 13 heteroatoms. The molecule has 0 bridgehead atoms. The highest BCUT2D eigenvalue weighted by atomic mass is 35.5. The van der Waals surface area contributed by atoms with Crippen molar-refractivity contribution in [3.63, 3.8) is 0 Å². The fourth-order valence-electron chi connectivity index (χ4n) is 4.35. The monoisotopic (exact) mass is 575 g/mol. The zero-order valence-electron chi connectivity index (χ0n) is 21.7. The molecule has 3 aromatic rings. The lowest BCUT2D eigenvalue weighted by atomic mass is 10.0. The van der Waals surface area contributed by atoms with Crippen molar-refractivity contribution in [2.24, 2.45) is 5.73 Å². The number of hydrogen-bond acceptors (Lipinski definition) is 7. The maximum atomic E-state index is 13.6. The van der Waals surface area contributed by atoms with Crippen LogP contribution in [0.2, 0.25) is 5.02 Å². The summed E-state index contributed by atoms with van der Waals surface area (Å²) < 4.78 is 24.2. The number of hydrogen-bond donors (Lipinski definition) is 5. The van der Waals surface area contributed by atoms with E-state index in [1.807, 2.05) is 0 Å². The van der Waals surface area contributed by atoms with Crippen molar-refractivity contribution in [2.75, 3.05) is 51.0 Å². The minimum Gasteiger partial charge on any atom is -0.378 e. The molecule has 4 rings (SSSR count). The van der Waals surface area contributed by atoms with Crippen LogP contribution in [-0.4, -0.2) is 79.5 Å². The van der Waals surface area contributed by atoms with Gasteiger partial charge in [-0.1, -0.05) is 11.6 Å². The van der Waals surface area contributed by atoms with E-state index in [4.69, 9.17) is 26.8 Å². The lowest BCUT2D eigenvalue weighted by Crippen LogP contribution is -2.52. The molecule has 0 aliphatic carbocycles. The van der Waals surface area contributed by atoms with Crippen molar-refractivity contribution in [1.82, 2.24) is 15.6 Å². The van der Waals surface area contributed by atoms with Gasteiger partial charge in [-0.05, 0) is 48.0 Å². The van der Waals surface area contributed by atoms with E-state index in [0.717, 1.165) is 6.07 Å². The third-order valence-electron chi connectivity index (χ3n) is 6.37. The molecule has 1 saturated heterocycles. The number of H-pyrrole nitrogens is 1. The summed E-state index contributed by atoms with van der Waals surface area (Å²) in [5, 5.41) is 17.0. The molecule has 214 valence electrons. The van der Waals surface area contributed by atoms with Crippen LogP contribution in [0, 0.1) is 5.82 Å². The van der Waals surface area contributed by atoms with Crippen LogP contribution in [0.1, 0.15) is 22.5 Å². The Balaban J connectivity index is 1.33. The minimum absolute atomic E-state index is 0.106. The Kier molecular flexibility index (Phi) is 9.71. The first-order valence-electron chi connectivity index (χ1n) is 12.8. The van der Waals surface area contributed by atoms with Gasteiger partial charge in [-0.3, -0.25) is 14.4 Å². The molecule has 0 spiro atoms. The van der Waals surface area contributed by atoms with Crippen molar-refractivity contribution in [3.05, 3.63) is 64.6 Å². The Hall–Kier alpha value is -3.55. The second-order valence-corrected chi connectivity index (χ2v) is 9.69. The van der Waals surface area contributed by atoms with Gasteiger partial charge < -0.3 is 40.8 Å². The van der Waals surface area contributed by atoms with Crippen LogP contribution in [0.5, 0.6) is 0 Å². The molecule has 0 saturated carbocycles. The van der Waals surface area contributed by atoms with E-state index in [-0.39, 0.29) is 30.4 Å². The molecule has 0 unspecified atom stereocenters. The van der Waals surface area contributed by atoms with Crippen molar-refractivity contribution in [1.29, 1.82) is 0 Å². The number of benzene rings is 2. The Morgan fingerprint density at radius 2 is 1.88 bits per heavy atom. The normalized spacial score (nSPS) is 17.0. The van der Waals surface area contributed by atoms with Crippen LogP contribution in [0.3, 0.4) is 0 Å². The predicted molar refractivity (Wildman–Crippen MR) is 147 cm³/mol. The average Bonchev–Trinajstić information content (AvgIpc) is 3.49. The second kappa shape index (κ2) is 13.2. The van der Waals surface area contributed by atoms with Crippen LogP contribution < -0.4 is 21.3 Å². The van der Waals surface area contributed by atoms with Gasteiger partial charge in [-0.2, -0.15) is 0 Å². The summed E-state index contributed by atoms with van der Waals surface area (Å²) in [6.07, 6.45) is -0.123. The van der Waals surface area contributed by atoms with Crippen molar-refractivity contribution in [3.8, 4) is 0 Å². The van der Waals surface area contributed by atoms with E-state index >= 15 is 0 Å². The summed E-state index contributed by atoms with van der Waals surface area (Å²) in [6.45, 7) is 2.39. The van der Waals surface area contributed by atoms with Gasteiger partial charge in [0.05, 0.1) is 26.4 Å². The predicted octanol–water partition coefficient (Wildman–Crippen LogP) is 1.47. The van der Waals surface area contributed by atoms with Gasteiger partial charge in [0.1, 0.15) is 11.5 Å². The number of amides is 3. The highest BCUT2D eigenvalue weighted by Gasteiger charge is 2.51. The molecule has 1 aliphatic heterocycles. The first kappa shape index (κ1) is 29.4. The average molecular weight is 576 g/mol. The zero-order chi connectivity index (χ0) is 28.7. The summed E-state index contributed by atoms with van der Waals surface area (Å²) in [5.41, 5.74) is 4.94. The SMILES string of the molecule is NCCOCCOCCNC(=O)c1cc2cc(N3CC[C@](O)(C(=O)NCc4cc(F)cc(Cl)c4)C3=O)ccc2[nH]1. The van der Waals surface area contributed by atoms with Crippen LogP contribution in [-0.2, 0) is 25.6 Å².